The lowest BCUT2D eigenvalue weighted by Crippen LogP contribution is -2.16. The van der Waals surface area contributed by atoms with Gasteiger partial charge < -0.3 is 14.8 Å². The fraction of sp³-hybridized carbons (Fsp3) is 0.250. The van der Waals surface area contributed by atoms with Crippen molar-refractivity contribution in [1.82, 2.24) is 15.3 Å². The molecular weight excluding hydrogens is 330 g/mol. The Morgan fingerprint density at radius 1 is 1.19 bits per heavy atom. The first-order valence-electron chi connectivity index (χ1n) is 8.51. The number of fused-ring (bicyclic) bond motifs is 1. The summed E-state index contributed by atoms with van der Waals surface area (Å²) in [4.78, 5) is 20.1. The van der Waals surface area contributed by atoms with Crippen molar-refractivity contribution in [2.24, 2.45) is 5.92 Å². The Morgan fingerprint density at radius 2 is 2.12 bits per heavy atom. The maximum absolute atomic E-state index is 11.4. The van der Waals surface area contributed by atoms with E-state index in [4.69, 9.17) is 9.47 Å². The van der Waals surface area contributed by atoms with Crippen LogP contribution >= 0.6 is 0 Å². The normalized spacial score (nSPS) is 16.5. The molecule has 0 aliphatic carbocycles. The molecule has 0 unspecified atom stereocenters. The van der Waals surface area contributed by atoms with Gasteiger partial charge in [-0.1, -0.05) is 0 Å². The third-order valence-electron chi connectivity index (χ3n) is 4.50. The molecule has 1 aliphatic rings. The van der Waals surface area contributed by atoms with Crippen LogP contribution in [0.5, 0.6) is 11.6 Å². The molecule has 132 valence electrons. The molecule has 4 rings (SSSR count). The molecule has 1 aromatic carbocycles. The fourth-order valence-corrected chi connectivity index (χ4v) is 3.10. The standard InChI is InChI=1S/C20H19N3O3/c1-25-20-5-4-14(11-23-20)15-8-17-16(3-2-6-21-17)18(9-15)26-12-13-7-19(24)22-10-13/h2-6,8-9,11,13H,7,10,12H2,1H3,(H,22,24)/t13-/m1/s1. The third-order valence-corrected chi connectivity index (χ3v) is 4.50. The zero-order valence-corrected chi connectivity index (χ0v) is 14.4. The Kier molecular flexibility index (Phi) is 4.39. The molecule has 1 amide bonds. The number of carbonyl (C=O) groups is 1. The Bertz CT molecular complexity index is 941. The maximum Gasteiger partial charge on any atom is 0.220 e. The number of carbonyl (C=O) groups excluding carboxylic acids is 1. The predicted octanol–water partition coefficient (Wildman–Crippen LogP) is 2.82. The fourth-order valence-electron chi connectivity index (χ4n) is 3.10. The van der Waals surface area contributed by atoms with Crippen molar-refractivity contribution in [2.45, 2.75) is 6.42 Å². The average molecular weight is 349 g/mol. The maximum atomic E-state index is 11.4. The molecular formula is C20H19N3O3. The summed E-state index contributed by atoms with van der Waals surface area (Å²) in [7, 11) is 1.59. The minimum absolute atomic E-state index is 0.0863. The number of pyridine rings is 2. The van der Waals surface area contributed by atoms with E-state index in [-0.39, 0.29) is 11.8 Å². The van der Waals surface area contributed by atoms with Crippen LogP contribution in [0.3, 0.4) is 0 Å². The molecule has 1 N–H and O–H groups in total. The van der Waals surface area contributed by atoms with E-state index in [2.05, 4.69) is 15.3 Å². The van der Waals surface area contributed by atoms with Crippen LogP contribution in [0.25, 0.3) is 22.0 Å². The highest BCUT2D eigenvalue weighted by molar-refractivity contribution is 5.90. The molecule has 26 heavy (non-hydrogen) atoms. The summed E-state index contributed by atoms with van der Waals surface area (Å²) >= 11 is 0. The van der Waals surface area contributed by atoms with E-state index >= 15 is 0 Å². The van der Waals surface area contributed by atoms with Crippen LogP contribution in [0.4, 0.5) is 0 Å². The topological polar surface area (TPSA) is 73.3 Å². The van der Waals surface area contributed by atoms with Gasteiger partial charge in [0.2, 0.25) is 11.8 Å². The van der Waals surface area contributed by atoms with Crippen molar-refractivity contribution < 1.29 is 14.3 Å². The second-order valence-electron chi connectivity index (χ2n) is 6.32. The minimum atomic E-state index is 0.0863. The minimum Gasteiger partial charge on any atom is -0.492 e. The highest BCUT2D eigenvalue weighted by atomic mass is 16.5. The zero-order valence-electron chi connectivity index (χ0n) is 14.4. The Balaban J connectivity index is 1.67. The predicted molar refractivity (Wildman–Crippen MR) is 98.1 cm³/mol. The molecule has 0 spiro atoms. The number of benzene rings is 1. The van der Waals surface area contributed by atoms with Crippen molar-refractivity contribution in [3.8, 4) is 22.8 Å². The number of aromatic nitrogens is 2. The van der Waals surface area contributed by atoms with Crippen LogP contribution in [-0.4, -0.2) is 36.1 Å². The molecule has 0 bridgehead atoms. The lowest BCUT2D eigenvalue weighted by Gasteiger charge is -2.14. The Hall–Kier alpha value is -3.15. The van der Waals surface area contributed by atoms with E-state index in [0.29, 0.717) is 25.5 Å². The molecule has 1 aliphatic heterocycles. The van der Waals surface area contributed by atoms with Crippen molar-refractivity contribution in [1.29, 1.82) is 0 Å². The molecule has 1 atom stereocenters. The molecule has 6 nitrogen and oxygen atoms in total. The van der Waals surface area contributed by atoms with Gasteiger partial charge in [-0.25, -0.2) is 4.98 Å². The molecule has 6 heteroatoms. The lowest BCUT2D eigenvalue weighted by molar-refractivity contribution is -0.119. The summed E-state index contributed by atoms with van der Waals surface area (Å²) in [5.74, 6) is 1.62. The van der Waals surface area contributed by atoms with E-state index in [9.17, 15) is 4.79 Å². The largest absolute Gasteiger partial charge is 0.492 e. The van der Waals surface area contributed by atoms with Gasteiger partial charge in [-0.3, -0.25) is 9.78 Å². The van der Waals surface area contributed by atoms with Crippen LogP contribution in [0.15, 0.2) is 48.8 Å². The number of nitrogens with zero attached hydrogens (tertiary/aromatic N) is 2. The van der Waals surface area contributed by atoms with Crippen LogP contribution in [0.2, 0.25) is 0 Å². The second kappa shape index (κ2) is 7.00. The van der Waals surface area contributed by atoms with Crippen LogP contribution in [-0.2, 0) is 4.79 Å². The van der Waals surface area contributed by atoms with Gasteiger partial charge in [-0.2, -0.15) is 0 Å². The number of amides is 1. The second-order valence-corrected chi connectivity index (χ2v) is 6.32. The molecule has 1 fully saturated rings. The van der Waals surface area contributed by atoms with Crippen molar-refractivity contribution >= 4 is 16.8 Å². The van der Waals surface area contributed by atoms with E-state index in [1.54, 1.807) is 19.5 Å². The Labute approximate surface area is 151 Å². The lowest BCUT2D eigenvalue weighted by atomic mass is 10.0. The number of nitrogens with one attached hydrogen (secondary N) is 1. The van der Waals surface area contributed by atoms with Crippen LogP contribution in [0, 0.1) is 5.92 Å². The SMILES string of the molecule is COc1ccc(-c2cc(OC[C@H]3CNC(=O)C3)c3cccnc3c2)cn1. The van der Waals surface area contributed by atoms with Gasteiger partial charge >= 0.3 is 0 Å². The van der Waals surface area contributed by atoms with E-state index in [1.165, 1.54) is 0 Å². The molecule has 0 radical (unpaired) electrons. The molecule has 1 saturated heterocycles. The first kappa shape index (κ1) is 16.3. The molecule has 0 saturated carbocycles. The molecule has 3 aromatic rings. The summed E-state index contributed by atoms with van der Waals surface area (Å²) in [6, 6.07) is 11.7. The summed E-state index contributed by atoms with van der Waals surface area (Å²) in [5.41, 5.74) is 2.79. The quantitative estimate of drug-likeness (QED) is 0.767. The van der Waals surface area contributed by atoms with Gasteiger partial charge in [0.05, 0.1) is 19.2 Å². The number of rotatable bonds is 5. The highest BCUT2D eigenvalue weighted by Crippen LogP contribution is 2.32. The first-order valence-corrected chi connectivity index (χ1v) is 8.51. The van der Waals surface area contributed by atoms with Crippen LogP contribution in [0.1, 0.15) is 6.42 Å². The van der Waals surface area contributed by atoms with E-state index in [0.717, 1.165) is 27.8 Å². The van der Waals surface area contributed by atoms with Gasteiger partial charge in [0.25, 0.3) is 0 Å². The van der Waals surface area contributed by atoms with Crippen molar-refractivity contribution in [2.75, 3.05) is 20.3 Å². The van der Waals surface area contributed by atoms with Gasteiger partial charge in [0, 0.05) is 48.3 Å². The van der Waals surface area contributed by atoms with Gasteiger partial charge in [0.1, 0.15) is 5.75 Å². The van der Waals surface area contributed by atoms with Crippen molar-refractivity contribution in [3.05, 3.63) is 48.8 Å². The number of ether oxygens (including phenoxy) is 2. The summed E-state index contributed by atoms with van der Waals surface area (Å²) in [5, 5.41) is 3.79. The van der Waals surface area contributed by atoms with Gasteiger partial charge in [-0.05, 0) is 35.9 Å². The monoisotopic (exact) mass is 349 g/mol. The highest BCUT2D eigenvalue weighted by Gasteiger charge is 2.22. The first-order chi connectivity index (χ1) is 12.7. The van der Waals surface area contributed by atoms with E-state index < -0.39 is 0 Å². The Morgan fingerprint density at radius 3 is 2.85 bits per heavy atom. The number of hydrogen-bond acceptors (Lipinski definition) is 5. The zero-order chi connectivity index (χ0) is 17.9. The van der Waals surface area contributed by atoms with Crippen LogP contribution < -0.4 is 14.8 Å². The molecule has 3 heterocycles. The van der Waals surface area contributed by atoms with E-state index in [1.807, 2.05) is 36.4 Å². The summed E-state index contributed by atoms with van der Waals surface area (Å²) < 4.78 is 11.2. The van der Waals surface area contributed by atoms with Gasteiger partial charge in [0.15, 0.2) is 0 Å². The number of hydrogen-bond donors (Lipinski definition) is 1. The number of methoxy groups -OCH3 is 1. The average Bonchev–Trinajstić information content (AvgIpc) is 3.11. The third kappa shape index (κ3) is 3.31. The van der Waals surface area contributed by atoms with Crippen molar-refractivity contribution in [3.63, 3.8) is 0 Å². The summed E-state index contributed by atoms with van der Waals surface area (Å²) in [6.07, 6.45) is 4.05. The van der Waals surface area contributed by atoms with Gasteiger partial charge in [-0.15, -0.1) is 0 Å². The smallest absolute Gasteiger partial charge is 0.220 e. The summed E-state index contributed by atoms with van der Waals surface area (Å²) in [6.45, 7) is 1.16. The molecule has 2 aromatic heterocycles.